The number of rotatable bonds is 4. The number of ether oxygens (including phenoxy) is 1. The highest BCUT2D eigenvalue weighted by Crippen LogP contribution is 2.43. The van der Waals surface area contributed by atoms with Crippen molar-refractivity contribution in [3.05, 3.63) is 29.8 Å². The molecule has 0 amide bonds. The van der Waals surface area contributed by atoms with E-state index in [1.807, 2.05) is 36.0 Å². The fourth-order valence-electron chi connectivity index (χ4n) is 2.80. The second-order valence-electron chi connectivity index (χ2n) is 5.41. The molecule has 0 aromatic heterocycles. The summed E-state index contributed by atoms with van der Waals surface area (Å²) in [4.78, 5) is 2.15. The van der Waals surface area contributed by atoms with Crippen LogP contribution >= 0.6 is 11.8 Å². The average molecular weight is 281 g/mol. The van der Waals surface area contributed by atoms with Gasteiger partial charge in [-0.1, -0.05) is 18.2 Å². The highest BCUT2D eigenvalue weighted by Gasteiger charge is 2.42. The van der Waals surface area contributed by atoms with Crippen LogP contribution in [0.2, 0.25) is 0 Å². The van der Waals surface area contributed by atoms with Crippen molar-refractivity contribution in [2.75, 3.05) is 39.3 Å². The molecule has 1 aromatic rings. The van der Waals surface area contributed by atoms with Gasteiger partial charge in [-0.3, -0.25) is 0 Å². The molecule has 0 saturated carbocycles. The molecule has 4 heteroatoms. The summed E-state index contributed by atoms with van der Waals surface area (Å²) in [5.41, 5.74) is 0.159. The number of benzene rings is 1. The highest BCUT2D eigenvalue weighted by atomic mass is 32.2. The zero-order valence-electron chi connectivity index (χ0n) is 11.9. The summed E-state index contributed by atoms with van der Waals surface area (Å²) < 4.78 is 5.44. The van der Waals surface area contributed by atoms with Crippen LogP contribution < -0.4 is 4.74 Å². The van der Waals surface area contributed by atoms with Gasteiger partial charge in [0.05, 0.1) is 12.7 Å². The molecule has 0 aliphatic carbocycles. The molecule has 1 aromatic carbocycles. The van der Waals surface area contributed by atoms with Gasteiger partial charge in [0.15, 0.2) is 0 Å². The van der Waals surface area contributed by atoms with Crippen molar-refractivity contribution in [2.45, 2.75) is 12.0 Å². The third-order valence-corrected chi connectivity index (χ3v) is 4.91. The van der Waals surface area contributed by atoms with Crippen molar-refractivity contribution in [2.24, 2.45) is 5.92 Å². The van der Waals surface area contributed by atoms with E-state index in [0.29, 0.717) is 0 Å². The minimum Gasteiger partial charge on any atom is -0.496 e. The van der Waals surface area contributed by atoms with Crippen molar-refractivity contribution in [1.29, 1.82) is 0 Å². The second-order valence-corrected chi connectivity index (χ2v) is 6.56. The van der Waals surface area contributed by atoms with E-state index < -0.39 is 5.60 Å². The van der Waals surface area contributed by atoms with E-state index in [0.717, 1.165) is 35.8 Å². The molecule has 1 N–H and O–H groups in total. The lowest BCUT2D eigenvalue weighted by Crippen LogP contribution is -2.45. The van der Waals surface area contributed by atoms with Crippen LogP contribution in [0.25, 0.3) is 0 Å². The Morgan fingerprint density at radius 3 is 2.84 bits per heavy atom. The molecule has 2 rings (SSSR count). The molecule has 1 heterocycles. The lowest BCUT2D eigenvalue weighted by atomic mass is 9.79. The predicted molar refractivity (Wildman–Crippen MR) is 80.9 cm³/mol. The fraction of sp³-hybridized carbons (Fsp3) is 0.600. The first kappa shape index (κ1) is 14.7. The van der Waals surface area contributed by atoms with Gasteiger partial charge in [0.25, 0.3) is 0 Å². The van der Waals surface area contributed by atoms with Gasteiger partial charge in [0, 0.05) is 23.8 Å². The van der Waals surface area contributed by atoms with Crippen LogP contribution in [0.15, 0.2) is 24.3 Å². The molecule has 0 radical (unpaired) electrons. The summed E-state index contributed by atoms with van der Waals surface area (Å²) in [6, 6.07) is 7.85. The summed E-state index contributed by atoms with van der Waals surface area (Å²) in [5.74, 6) is 3.02. The molecule has 1 aliphatic heterocycles. The first-order chi connectivity index (χ1) is 9.08. The smallest absolute Gasteiger partial charge is 0.124 e. The fourth-order valence-corrected chi connectivity index (χ4v) is 4.08. The van der Waals surface area contributed by atoms with Crippen LogP contribution in [0.4, 0.5) is 0 Å². The molecular weight excluding hydrogens is 258 g/mol. The average Bonchev–Trinajstić information content (AvgIpc) is 2.41. The van der Waals surface area contributed by atoms with E-state index in [2.05, 4.69) is 19.0 Å². The van der Waals surface area contributed by atoms with E-state index in [9.17, 15) is 5.11 Å². The van der Waals surface area contributed by atoms with E-state index in [1.165, 1.54) is 0 Å². The Balaban J connectivity index is 2.36. The van der Waals surface area contributed by atoms with E-state index in [4.69, 9.17) is 4.74 Å². The number of nitrogens with zero attached hydrogens (tertiary/aromatic N) is 1. The standard InChI is InChI=1S/C15H23NO2S/c1-16(2)10-12-11-19-9-8-15(12,17)13-6-4-5-7-14(13)18-3/h4-7,12,17H,8-11H2,1-3H3/t12-,15-/m0/s1. The van der Waals surface area contributed by atoms with Crippen LogP contribution in [0.3, 0.4) is 0 Å². The quantitative estimate of drug-likeness (QED) is 0.917. The molecule has 3 nitrogen and oxygen atoms in total. The van der Waals surface area contributed by atoms with Crippen molar-refractivity contribution in [1.82, 2.24) is 4.90 Å². The van der Waals surface area contributed by atoms with Crippen molar-refractivity contribution in [3.63, 3.8) is 0 Å². The summed E-state index contributed by atoms with van der Waals surface area (Å²) in [6.45, 7) is 0.890. The number of methoxy groups -OCH3 is 1. The van der Waals surface area contributed by atoms with E-state index >= 15 is 0 Å². The maximum atomic E-state index is 11.2. The van der Waals surface area contributed by atoms with Crippen LogP contribution in [0.1, 0.15) is 12.0 Å². The molecule has 2 atom stereocenters. The number of aliphatic hydroxyl groups is 1. The molecule has 0 bridgehead atoms. The van der Waals surface area contributed by atoms with Gasteiger partial charge >= 0.3 is 0 Å². The first-order valence-electron chi connectivity index (χ1n) is 6.66. The monoisotopic (exact) mass is 281 g/mol. The lowest BCUT2D eigenvalue weighted by molar-refractivity contribution is -0.0310. The summed E-state index contributed by atoms with van der Waals surface area (Å²) >= 11 is 1.93. The Labute approximate surface area is 120 Å². The zero-order valence-corrected chi connectivity index (χ0v) is 12.7. The van der Waals surface area contributed by atoms with Crippen LogP contribution in [0.5, 0.6) is 5.75 Å². The van der Waals surface area contributed by atoms with Crippen molar-refractivity contribution < 1.29 is 9.84 Å². The van der Waals surface area contributed by atoms with Crippen LogP contribution in [-0.4, -0.2) is 49.3 Å². The number of hydrogen-bond acceptors (Lipinski definition) is 4. The molecule has 1 aliphatic rings. The maximum Gasteiger partial charge on any atom is 0.124 e. The molecule has 19 heavy (non-hydrogen) atoms. The Morgan fingerprint density at radius 2 is 2.16 bits per heavy atom. The Bertz CT molecular complexity index is 424. The first-order valence-corrected chi connectivity index (χ1v) is 7.81. The maximum absolute atomic E-state index is 11.2. The topological polar surface area (TPSA) is 32.7 Å². The van der Waals surface area contributed by atoms with Gasteiger partial charge in [0.2, 0.25) is 0 Å². The van der Waals surface area contributed by atoms with Gasteiger partial charge in [-0.2, -0.15) is 11.8 Å². The largest absolute Gasteiger partial charge is 0.496 e. The van der Waals surface area contributed by atoms with Crippen molar-refractivity contribution >= 4 is 11.8 Å². The molecule has 0 unspecified atom stereocenters. The number of para-hydroxylation sites is 1. The van der Waals surface area contributed by atoms with Crippen LogP contribution in [0, 0.1) is 5.92 Å². The van der Waals surface area contributed by atoms with Crippen molar-refractivity contribution in [3.8, 4) is 5.75 Å². The zero-order chi connectivity index (χ0) is 13.9. The minimum absolute atomic E-state index is 0.234. The Kier molecular flexibility index (Phi) is 4.76. The van der Waals surface area contributed by atoms with Gasteiger partial charge in [-0.25, -0.2) is 0 Å². The molecule has 0 spiro atoms. The van der Waals surface area contributed by atoms with E-state index in [-0.39, 0.29) is 5.92 Å². The Morgan fingerprint density at radius 1 is 1.42 bits per heavy atom. The van der Waals surface area contributed by atoms with Gasteiger partial charge in [-0.15, -0.1) is 0 Å². The SMILES string of the molecule is COc1ccccc1[C@]1(O)CCSC[C@@H]1CN(C)C. The predicted octanol–water partition coefficient (Wildman–Crippen LogP) is 2.20. The molecule has 1 fully saturated rings. The lowest BCUT2D eigenvalue weighted by Gasteiger charge is -2.41. The van der Waals surface area contributed by atoms with Gasteiger partial charge in [0.1, 0.15) is 5.75 Å². The number of thioether (sulfide) groups is 1. The highest BCUT2D eigenvalue weighted by molar-refractivity contribution is 7.99. The second kappa shape index (κ2) is 6.16. The molecule has 106 valence electrons. The minimum atomic E-state index is -0.776. The molecular formula is C15H23NO2S. The third-order valence-electron chi connectivity index (χ3n) is 3.78. The number of hydrogen-bond donors (Lipinski definition) is 1. The normalized spacial score (nSPS) is 27.5. The van der Waals surface area contributed by atoms with Gasteiger partial charge < -0.3 is 14.7 Å². The third kappa shape index (κ3) is 3.07. The van der Waals surface area contributed by atoms with Crippen LogP contribution in [-0.2, 0) is 5.60 Å². The summed E-state index contributed by atoms with van der Waals surface area (Å²) in [5, 5.41) is 11.2. The molecule has 1 saturated heterocycles. The Hall–Kier alpha value is -0.710. The summed E-state index contributed by atoms with van der Waals surface area (Å²) in [7, 11) is 5.78. The van der Waals surface area contributed by atoms with Gasteiger partial charge in [-0.05, 0) is 32.3 Å². The summed E-state index contributed by atoms with van der Waals surface area (Å²) in [6.07, 6.45) is 0.788. The van der Waals surface area contributed by atoms with E-state index in [1.54, 1.807) is 7.11 Å².